The molecule has 1 aromatic heterocycles. The van der Waals surface area contributed by atoms with Gasteiger partial charge in [0.15, 0.2) is 0 Å². The molecule has 0 unspecified atom stereocenters. The molecular weight excluding hydrogens is 350 g/mol. The number of hydrogen-bond donors (Lipinski definition) is 2. The van der Waals surface area contributed by atoms with Gasteiger partial charge in [-0.25, -0.2) is 4.98 Å². The highest BCUT2D eigenvalue weighted by Gasteiger charge is 2.25. The molecule has 3 rings (SSSR count). The van der Waals surface area contributed by atoms with Crippen LogP contribution in [0.3, 0.4) is 0 Å². The highest BCUT2D eigenvalue weighted by molar-refractivity contribution is 5.84. The van der Waals surface area contributed by atoms with Gasteiger partial charge in [-0.2, -0.15) is 5.26 Å². The first-order chi connectivity index (χ1) is 13.0. The van der Waals surface area contributed by atoms with Crippen LogP contribution in [0, 0.1) is 18.3 Å². The Bertz CT molecular complexity index is 890. The molecule has 3 N–H and O–H groups in total. The molecular formula is C19H21N3O5. The van der Waals surface area contributed by atoms with Crippen LogP contribution in [-0.4, -0.2) is 37.4 Å². The van der Waals surface area contributed by atoms with Crippen molar-refractivity contribution in [3.05, 3.63) is 34.5 Å². The first kappa shape index (κ1) is 20.0. The third-order valence-corrected chi connectivity index (χ3v) is 4.30. The monoisotopic (exact) mass is 371 g/mol. The van der Waals surface area contributed by atoms with Gasteiger partial charge in [0.05, 0.1) is 33.1 Å². The van der Waals surface area contributed by atoms with E-state index in [1.807, 2.05) is 19.1 Å². The molecule has 0 atom stereocenters. The van der Waals surface area contributed by atoms with Crippen molar-refractivity contribution in [3.8, 4) is 28.7 Å². The predicted molar refractivity (Wildman–Crippen MR) is 98.7 cm³/mol. The van der Waals surface area contributed by atoms with Crippen molar-refractivity contribution >= 4 is 12.3 Å². The molecule has 0 saturated carbocycles. The summed E-state index contributed by atoms with van der Waals surface area (Å²) in [5.41, 5.74) is 10.6. The molecule has 1 aromatic carbocycles. The third-order valence-electron chi connectivity index (χ3n) is 4.30. The zero-order valence-corrected chi connectivity index (χ0v) is 15.4. The number of nitrogens with zero attached hydrogens (tertiary/aromatic N) is 2. The summed E-state index contributed by atoms with van der Waals surface area (Å²) < 4.78 is 16.6. The topological polar surface area (TPSA) is 128 Å². The average Bonchev–Trinajstić information content (AvgIpc) is 2.67. The number of ether oxygens (including phenoxy) is 3. The van der Waals surface area contributed by atoms with E-state index >= 15 is 0 Å². The predicted octanol–water partition coefficient (Wildman–Crippen LogP) is 2.30. The number of hydrogen-bond acceptors (Lipinski definition) is 7. The lowest BCUT2D eigenvalue weighted by Gasteiger charge is -2.23. The maximum atomic E-state index is 9.62. The fourth-order valence-corrected chi connectivity index (χ4v) is 3.16. The fourth-order valence-electron chi connectivity index (χ4n) is 3.16. The first-order valence-electron chi connectivity index (χ1n) is 8.12. The molecule has 2 aromatic rings. The van der Waals surface area contributed by atoms with E-state index in [0.29, 0.717) is 30.9 Å². The van der Waals surface area contributed by atoms with Crippen LogP contribution in [0.1, 0.15) is 22.4 Å². The summed E-state index contributed by atoms with van der Waals surface area (Å²) in [7, 11) is 3.22. The summed E-state index contributed by atoms with van der Waals surface area (Å²) in [6, 6.07) is 5.93. The summed E-state index contributed by atoms with van der Waals surface area (Å²) in [5, 5.41) is 16.5. The summed E-state index contributed by atoms with van der Waals surface area (Å²) in [6.07, 6.45) is 0.676. The second-order valence-electron chi connectivity index (χ2n) is 5.67. The number of nitriles is 1. The smallest absolute Gasteiger partial charge is 0.290 e. The van der Waals surface area contributed by atoms with Gasteiger partial charge in [0.1, 0.15) is 28.9 Å². The number of fused-ring (bicyclic) bond motifs is 1. The van der Waals surface area contributed by atoms with Gasteiger partial charge in [-0.1, -0.05) is 0 Å². The SMILES string of the molecule is COc1ccc(-c2c(C#N)c(N)nc3c2COCC3)c(OC)c1C.O=CO. The van der Waals surface area contributed by atoms with E-state index in [1.54, 1.807) is 14.2 Å². The molecule has 0 spiro atoms. The van der Waals surface area contributed by atoms with Gasteiger partial charge in [0.25, 0.3) is 6.47 Å². The molecule has 0 fully saturated rings. The van der Waals surface area contributed by atoms with Crippen LogP contribution in [0.2, 0.25) is 0 Å². The molecule has 142 valence electrons. The van der Waals surface area contributed by atoms with Crippen LogP contribution in [0.25, 0.3) is 11.1 Å². The second kappa shape index (κ2) is 8.87. The highest BCUT2D eigenvalue weighted by Crippen LogP contribution is 2.42. The Morgan fingerprint density at radius 2 is 2.07 bits per heavy atom. The van der Waals surface area contributed by atoms with Crippen LogP contribution in [0.15, 0.2) is 12.1 Å². The number of methoxy groups -OCH3 is 2. The average molecular weight is 371 g/mol. The minimum atomic E-state index is -0.250. The van der Waals surface area contributed by atoms with Gasteiger partial charge >= 0.3 is 0 Å². The molecule has 8 nitrogen and oxygen atoms in total. The molecule has 0 amide bonds. The number of carboxylic acid groups (broad SMARTS) is 1. The van der Waals surface area contributed by atoms with Crippen molar-refractivity contribution in [3.63, 3.8) is 0 Å². The lowest BCUT2D eigenvalue weighted by molar-refractivity contribution is -0.122. The minimum Gasteiger partial charge on any atom is -0.496 e. The highest BCUT2D eigenvalue weighted by atomic mass is 16.5. The Balaban J connectivity index is 0.000000817. The van der Waals surface area contributed by atoms with E-state index in [9.17, 15) is 5.26 Å². The van der Waals surface area contributed by atoms with Crippen molar-refractivity contribution in [2.24, 2.45) is 0 Å². The lowest BCUT2D eigenvalue weighted by atomic mass is 9.91. The Kier molecular flexibility index (Phi) is 6.57. The van der Waals surface area contributed by atoms with Crippen molar-refractivity contribution in [2.45, 2.75) is 20.0 Å². The van der Waals surface area contributed by atoms with E-state index in [1.165, 1.54) is 0 Å². The normalized spacial score (nSPS) is 12.1. The molecule has 27 heavy (non-hydrogen) atoms. The van der Waals surface area contributed by atoms with E-state index in [2.05, 4.69) is 11.1 Å². The molecule has 0 bridgehead atoms. The maximum absolute atomic E-state index is 9.62. The fraction of sp³-hybridized carbons (Fsp3) is 0.316. The Hall–Kier alpha value is -3.31. The maximum Gasteiger partial charge on any atom is 0.290 e. The molecule has 1 aliphatic rings. The molecule has 0 saturated heterocycles. The van der Waals surface area contributed by atoms with E-state index in [-0.39, 0.29) is 12.3 Å². The largest absolute Gasteiger partial charge is 0.496 e. The summed E-state index contributed by atoms with van der Waals surface area (Å²) in [6.45, 7) is 2.67. The molecule has 2 heterocycles. The summed E-state index contributed by atoms with van der Waals surface area (Å²) in [5.74, 6) is 1.62. The van der Waals surface area contributed by atoms with E-state index < -0.39 is 0 Å². The van der Waals surface area contributed by atoms with Crippen LogP contribution in [-0.2, 0) is 22.6 Å². The van der Waals surface area contributed by atoms with Gasteiger partial charge < -0.3 is 25.1 Å². The number of nitrogen functional groups attached to an aromatic ring is 1. The molecule has 8 heteroatoms. The molecule has 0 radical (unpaired) electrons. The van der Waals surface area contributed by atoms with Gasteiger partial charge in [-0.3, -0.25) is 4.79 Å². The van der Waals surface area contributed by atoms with Crippen LogP contribution in [0.4, 0.5) is 5.82 Å². The van der Waals surface area contributed by atoms with Gasteiger partial charge in [-0.15, -0.1) is 0 Å². The number of carbonyl (C=O) groups is 1. The van der Waals surface area contributed by atoms with E-state index in [4.69, 9.17) is 29.8 Å². The first-order valence-corrected chi connectivity index (χ1v) is 8.12. The molecule has 0 aliphatic carbocycles. The van der Waals surface area contributed by atoms with Gasteiger partial charge in [-0.05, 0) is 19.1 Å². The number of rotatable bonds is 3. The van der Waals surface area contributed by atoms with Crippen molar-refractivity contribution in [2.75, 3.05) is 26.6 Å². The number of benzene rings is 1. The standard InChI is InChI=1S/C18H19N3O3.CH2O2/c1-10-15(22-2)5-4-11(17(10)23-3)16-12(8-19)18(20)21-14-6-7-24-9-13(14)16;2-1-3/h4-5H,6-7,9H2,1-3H3,(H2,20,21);1H,(H,2,3). The van der Waals surface area contributed by atoms with Crippen LogP contribution < -0.4 is 15.2 Å². The summed E-state index contributed by atoms with van der Waals surface area (Å²) in [4.78, 5) is 12.8. The Morgan fingerprint density at radius 3 is 2.67 bits per heavy atom. The third kappa shape index (κ3) is 3.78. The van der Waals surface area contributed by atoms with Gasteiger partial charge in [0.2, 0.25) is 0 Å². The number of anilines is 1. The number of pyridine rings is 1. The van der Waals surface area contributed by atoms with E-state index in [0.717, 1.165) is 33.7 Å². The van der Waals surface area contributed by atoms with Crippen LogP contribution in [0.5, 0.6) is 11.5 Å². The Morgan fingerprint density at radius 1 is 1.37 bits per heavy atom. The number of nitrogens with two attached hydrogens (primary N) is 1. The van der Waals surface area contributed by atoms with Crippen molar-refractivity contribution in [1.82, 2.24) is 4.98 Å². The second-order valence-corrected chi connectivity index (χ2v) is 5.67. The zero-order valence-electron chi connectivity index (χ0n) is 15.4. The zero-order chi connectivity index (χ0) is 20.0. The minimum absolute atomic E-state index is 0.240. The van der Waals surface area contributed by atoms with Crippen molar-refractivity contribution < 1.29 is 24.1 Å². The molecule has 1 aliphatic heterocycles. The lowest BCUT2D eigenvalue weighted by Crippen LogP contribution is -2.16. The van der Waals surface area contributed by atoms with Crippen LogP contribution >= 0.6 is 0 Å². The quantitative estimate of drug-likeness (QED) is 0.787. The Labute approximate surface area is 157 Å². The summed E-state index contributed by atoms with van der Waals surface area (Å²) >= 11 is 0. The van der Waals surface area contributed by atoms with Gasteiger partial charge in [0, 0.05) is 28.7 Å². The van der Waals surface area contributed by atoms with Crippen molar-refractivity contribution in [1.29, 1.82) is 5.26 Å². The number of aromatic nitrogens is 1.